The van der Waals surface area contributed by atoms with Gasteiger partial charge in [0.05, 0.1) is 13.4 Å². The summed E-state index contributed by atoms with van der Waals surface area (Å²) < 4.78 is 6.25. The van der Waals surface area contributed by atoms with Gasteiger partial charge < -0.3 is 9.30 Å². The normalized spacial score (nSPS) is 8.69. The average Bonchev–Trinajstić information content (AvgIpc) is 2.64. The Hall–Kier alpha value is -1.76. The van der Waals surface area contributed by atoms with Gasteiger partial charge in [-0.15, -0.1) is 0 Å². The van der Waals surface area contributed by atoms with E-state index in [-0.39, 0.29) is 0 Å². The van der Waals surface area contributed by atoms with E-state index < -0.39 is 5.97 Å². The second-order valence-electron chi connectivity index (χ2n) is 2.34. The molecule has 0 amide bonds. The first kappa shape index (κ1) is 9.33. The Balaban J connectivity index is 2.27. The summed E-state index contributed by atoms with van der Waals surface area (Å²) in [6.45, 7) is 0.740. The van der Waals surface area contributed by atoms with Gasteiger partial charge in [-0.3, -0.25) is 0 Å². The van der Waals surface area contributed by atoms with E-state index in [4.69, 9.17) is 0 Å². The van der Waals surface area contributed by atoms with Gasteiger partial charge in [0.15, 0.2) is 0 Å². The summed E-state index contributed by atoms with van der Waals surface area (Å²) in [6, 6.07) is 0. The fraction of sp³-hybridized carbons (Fsp3) is 0.333. The van der Waals surface area contributed by atoms with Gasteiger partial charge in [0.25, 0.3) is 0 Å². The highest BCUT2D eigenvalue weighted by Crippen LogP contribution is 1.88. The molecule has 13 heavy (non-hydrogen) atoms. The molecule has 4 heteroatoms. The van der Waals surface area contributed by atoms with Crippen LogP contribution in [0, 0.1) is 11.8 Å². The summed E-state index contributed by atoms with van der Waals surface area (Å²) in [7, 11) is 1.31. The van der Waals surface area contributed by atoms with Crippen molar-refractivity contribution in [2.45, 2.75) is 13.0 Å². The molecule has 0 radical (unpaired) electrons. The molecule has 0 spiro atoms. The molecule has 0 atom stereocenters. The third kappa shape index (κ3) is 3.43. The summed E-state index contributed by atoms with van der Waals surface area (Å²) in [5.74, 6) is 4.56. The molecule has 0 N–H and O–H groups in total. The van der Waals surface area contributed by atoms with Gasteiger partial charge in [0, 0.05) is 31.3 Å². The van der Waals surface area contributed by atoms with Gasteiger partial charge in [-0.25, -0.2) is 9.78 Å². The molecule has 0 aliphatic rings. The Labute approximate surface area is 76.5 Å². The number of carbonyl (C=O) groups excluding carboxylic acids is 1. The molecule has 0 unspecified atom stereocenters. The highest BCUT2D eigenvalue weighted by atomic mass is 16.5. The van der Waals surface area contributed by atoms with Crippen molar-refractivity contribution in [1.29, 1.82) is 0 Å². The molecule has 0 saturated heterocycles. The zero-order chi connectivity index (χ0) is 9.52. The van der Waals surface area contributed by atoms with E-state index in [9.17, 15) is 4.79 Å². The number of ether oxygens (including phenoxy) is 1. The van der Waals surface area contributed by atoms with Gasteiger partial charge >= 0.3 is 5.97 Å². The Morgan fingerprint density at radius 2 is 2.54 bits per heavy atom. The number of aromatic nitrogens is 2. The number of hydrogen-bond donors (Lipinski definition) is 0. The number of hydrogen-bond acceptors (Lipinski definition) is 3. The van der Waals surface area contributed by atoms with Crippen molar-refractivity contribution in [3.05, 3.63) is 18.7 Å². The standard InChI is InChI=1S/C9H10N2O2/c1-13-9(12)4-2-3-6-11-7-5-10-8-11/h5,7-8H,3,6H2,1H3. The quantitative estimate of drug-likeness (QED) is 0.375. The van der Waals surface area contributed by atoms with Crippen LogP contribution in [-0.2, 0) is 16.1 Å². The van der Waals surface area contributed by atoms with Crippen molar-refractivity contribution < 1.29 is 9.53 Å². The van der Waals surface area contributed by atoms with Crippen molar-refractivity contribution in [1.82, 2.24) is 9.55 Å². The van der Waals surface area contributed by atoms with Crippen LogP contribution >= 0.6 is 0 Å². The van der Waals surface area contributed by atoms with Crippen molar-refractivity contribution in [3.63, 3.8) is 0 Å². The molecule has 1 aromatic heterocycles. The Morgan fingerprint density at radius 3 is 3.15 bits per heavy atom. The van der Waals surface area contributed by atoms with E-state index in [0.29, 0.717) is 6.42 Å². The minimum Gasteiger partial charge on any atom is -0.459 e. The molecule has 68 valence electrons. The maximum absolute atomic E-state index is 10.6. The summed E-state index contributed by atoms with van der Waals surface area (Å²) >= 11 is 0. The van der Waals surface area contributed by atoms with E-state index in [0.717, 1.165) is 6.54 Å². The van der Waals surface area contributed by atoms with Crippen LogP contribution in [0.15, 0.2) is 18.7 Å². The molecule has 0 aromatic carbocycles. The van der Waals surface area contributed by atoms with Gasteiger partial charge in [-0.2, -0.15) is 0 Å². The van der Waals surface area contributed by atoms with Crippen LogP contribution in [0.25, 0.3) is 0 Å². The highest BCUT2D eigenvalue weighted by molar-refractivity contribution is 5.88. The Morgan fingerprint density at radius 1 is 1.69 bits per heavy atom. The summed E-state index contributed by atoms with van der Waals surface area (Å²) in [5, 5.41) is 0. The predicted molar refractivity (Wildman–Crippen MR) is 46.6 cm³/mol. The fourth-order valence-corrected chi connectivity index (χ4v) is 0.790. The Kier molecular flexibility index (Phi) is 3.58. The van der Waals surface area contributed by atoms with Crippen LogP contribution in [0.5, 0.6) is 0 Å². The first-order chi connectivity index (χ1) is 6.33. The number of esters is 1. The third-order valence-corrected chi connectivity index (χ3v) is 1.43. The molecule has 1 rings (SSSR count). The highest BCUT2D eigenvalue weighted by Gasteiger charge is 1.89. The lowest BCUT2D eigenvalue weighted by Crippen LogP contribution is -1.96. The Bertz CT molecular complexity index is 319. The van der Waals surface area contributed by atoms with Gasteiger partial charge in [-0.05, 0) is 0 Å². The van der Waals surface area contributed by atoms with Gasteiger partial charge in [0.2, 0.25) is 0 Å². The fourth-order valence-electron chi connectivity index (χ4n) is 0.790. The smallest absolute Gasteiger partial charge is 0.384 e. The number of imidazole rings is 1. The van der Waals surface area contributed by atoms with Crippen molar-refractivity contribution in [2.24, 2.45) is 0 Å². The molecule has 0 saturated carbocycles. The topological polar surface area (TPSA) is 44.1 Å². The van der Waals surface area contributed by atoms with Crippen LogP contribution in [0.3, 0.4) is 0 Å². The number of aryl methyl sites for hydroxylation is 1. The predicted octanol–water partition coefficient (Wildman–Crippen LogP) is 0.450. The largest absolute Gasteiger partial charge is 0.459 e. The molecule has 4 nitrogen and oxygen atoms in total. The minimum absolute atomic E-state index is 0.495. The third-order valence-electron chi connectivity index (χ3n) is 1.43. The number of carbonyl (C=O) groups is 1. The first-order valence-electron chi connectivity index (χ1n) is 3.85. The summed E-state index contributed by atoms with van der Waals surface area (Å²) in [4.78, 5) is 14.4. The molecule has 0 fully saturated rings. The molecule has 0 aliphatic carbocycles. The molecule has 0 aliphatic heterocycles. The zero-order valence-electron chi connectivity index (χ0n) is 7.36. The zero-order valence-corrected chi connectivity index (χ0v) is 7.36. The van der Waals surface area contributed by atoms with E-state index in [1.807, 2.05) is 10.8 Å². The van der Waals surface area contributed by atoms with Crippen molar-refractivity contribution in [2.75, 3.05) is 7.11 Å². The molecular weight excluding hydrogens is 168 g/mol. The van der Waals surface area contributed by atoms with E-state index in [1.54, 1.807) is 12.5 Å². The van der Waals surface area contributed by atoms with E-state index >= 15 is 0 Å². The van der Waals surface area contributed by atoms with E-state index in [1.165, 1.54) is 7.11 Å². The van der Waals surface area contributed by atoms with Crippen LogP contribution in [-0.4, -0.2) is 22.6 Å². The van der Waals surface area contributed by atoms with Crippen LogP contribution in [0.4, 0.5) is 0 Å². The van der Waals surface area contributed by atoms with Gasteiger partial charge in [0.1, 0.15) is 0 Å². The lowest BCUT2D eigenvalue weighted by atomic mass is 10.4. The van der Waals surface area contributed by atoms with Crippen LogP contribution in [0.2, 0.25) is 0 Å². The number of rotatable bonds is 2. The van der Waals surface area contributed by atoms with Crippen LogP contribution in [0.1, 0.15) is 6.42 Å². The summed E-state index contributed by atoms with van der Waals surface area (Å²) in [5.41, 5.74) is 0. The first-order valence-corrected chi connectivity index (χ1v) is 3.85. The molecule has 0 bridgehead atoms. The lowest BCUT2D eigenvalue weighted by molar-refractivity contribution is -0.133. The van der Waals surface area contributed by atoms with Gasteiger partial charge in [-0.1, -0.05) is 5.92 Å². The second kappa shape index (κ2) is 4.99. The monoisotopic (exact) mass is 178 g/mol. The summed E-state index contributed by atoms with van der Waals surface area (Å²) in [6.07, 6.45) is 5.87. The maximum atomic E-state index is 10.6. The molecular formula is C9H10N2O2. The van der Waals surface area contributed by atoms with Crippen molar-refractivity contribution in [3.8, 4) is 11.8 Å². The number of methoxy groups -OCH3 is 1. The van der Waals surface area contributed by atoms with E-state index in [2.05, 4.69) is 21.6 Å². The SMILES string of the molecule is COC(=O)C#CCCn1ccnc1. The minimum atomic E-state index is -0.495. The average molecular weight is 178 g/mol. The van der Waals surface area contributed by atoms with Crippen LogP contribution < -0.4 is 0 Å². The second-order valence-corrected chi connectivity index (χ2v) is 2.34. The number of nitrogens with zero attached hydrogens (tertiary/aromatic N) is 2. The molecule has 1 aromatic rings. The molecule has 1 heterocycles. The van der Waals surface area contributed by atoms with Crippen molar-refractivity contribution >= 4 is 5.97 Å². The lowest BCUT2D eigenvalue weighted by Gasteiger charge is -1.94. The maximum Gasteiger partial charge on any atom is 0.384 e.